The van der Waals surface area contributed by atoms with Gasteiger partial charge in [-0.3, -0.25) is 0 Å². The lowest BCUT2D eigenvalue weighted by Gasteiger charge is -2.12. The fourth-order valence-electron chi connectivity index (χ4n) is 0.980. The molecule has 1 unspecified atom stereocenters. The van der Waals surface area contributed by atoms with Gasteiger partial charge in [-0.2, -0.15) is 0 Å². The quantitative estimate of drug-likeness (QED) is 0.659. The number of methoxy groups -OCH3 is 1. The van der Waals surface area contributed by atoms with Crippen molar-refractivity contribution in [1.29, 1.82) is 0 Å². The van der Waals surface area contributed by atoms with Crippen molar-refractivity contribution in [3.8, 4) is 5.75 Å². The van der Waals surface area contributed by atoms with Crippen molar-refractivity contribution in [1.82, 2.24) is 0 Å². The molecule has 82 valence electrons. The fraction of sp³-hybridized carbons (Fsp3) is 0.300. The van der Waals surface area contributed by atoms with Gasteiger partial charge in [0.25, 0.3) is 6.29 Å². The molecule has 15 heavy (non-hydrogen) atoms. The zero-order valence-corrected chi connectivity index (χ0v) is 9.73. The molecule has 1 N–H and O–H groups in total. The number of hydrogen-bond acceptors (Lipinski definition) is 3. The van der Waals surface area contributed by atoms with Gasteiger partial charge in [-0.15, -0.1) is 0 Å². The van der Waals surface area contributed by atoms with Crippen molar-refractivity contribution in [2.24, 2.45) is 0 Å². The van der Waals surface area contributed by atoms with E-state index in [0.29, 0.717) is 5.75 Å². The van der Waals surface area contributed by atoms with Crippen molar-refractivity contribution in [2.75, 3.05) is 7.11 Å². The first-order valence-corrected chi connectivity index (χ1v) is 5.36. The Morgan fingerprint density at radius 2 is 2.07 bits per heavy atom. The van der Waals surface area contributed by atoms with Crippen molar-refractivity contribution >= 4 is 21.9 Å². The number of carboxylic acid groups (broad SMARTS) is 1. The monoisotopic (exact) mass is 274 g/mol. The van der Waals surface area contributed by atoms with Gasteiger partial charge in [0.2, 0.25) is 0 Å². The Morgan fingerprint density at radius 1 is 1.47 bits per heavy atom. The second-order valence-electron chi connectivity index (χ2n) is 2.80. The molecule has 0 radical (unpaired) electrons. The largest absolute Gasteiger partial charge is 0.477 e. The molecular weight excluding hydrogens is 264 g/mol. The maximum Gasteiger partial charge on any atom is 0.373 e. The molecule has 0 aliphatic heterocycles. The van der Waals surface area contributed by atoms with Crippen LogP contribution >= 0.6 is 15.9 Å². The molecule has 0 fully saturated rings. The Morgan fingerprint density at radius 3 is 2.47 bits per heavy atom. The molecule has 0 aliphatic carbocycles. The molecule has 0 spiro atoms. The van der Waals surface area contributed by atoms with Crippen LogP contribution in [0.25, 0.3) is 0 Å². The van der Waals surface area contributed by atoms with E-state index in [4.69, 9.17) is 9.84 Å². The normalized spacial score (nSPS) is 12.1. The van der Waals surface area contributed by atoms with E-state index < -0.39 is 12.3 Å². The lowest BCUT2D eigenvalue weighted by molar-refractivity contribution is -0.166. The SMILES string of the molecule is COC(Oc1ccc(CBr)cc1)C(=O)O. The molecule has 1 atom stereocenters. The minimum Gasteiger partial charge on any atom is -0.477 e. The van der Waals surface area contributed by atoms with Gasteiger partial charge in [-0.25, -0.2) is 4.79 Å². The summed E-state index contributed by atoms with van der Waals surface area (Å²) in [6, 6.07) is 7.09. The first-order chi connectivity index (χ1) is 7.17. The predicted molar refractivity (Wildman–Crippen MR) is 58.1 cm³/mol. The van der Waals surface area contributed by atoms with Crippen molar-refractivity contribution in [2.45, 2.75) is 11.6 Å². The summed E-state index contributed by atoms with van der Waals surface area (Å²) in [6.45, 7) is 0. The van der Waals surface area contributed by atoms with Crippen LogP contribution in [-0.4, -0.2) is 24.5 Å². The predicted octanol–water partition coefficient (Wildman–Crippen LogP) is 2.02. The topological polar surface area (TPSA) is 55.8 Å². The van der Waals surface area contributed by atoms with Gasteiger partial charge in [0.15, 0.2) is 0 Å². The third-order valence-electron chi connectivity index (χ3n) is 1.74. The number of rotatable bonds is 5. The zero-order valence-electron chi connectivity index (χ0n) is 8.14. The van der Waals surface area contributed by atoms with Gasteiger partial charge < -0.3 is 14.6 Å². The molecular formula is C10H11BrO4. The number of halogens is 1. The highest BCUT2D eigenvalue weighted by Crippen LogP contribution is 2.15. The van der Waals surface area contributed by atoms with Crippen LogP contribution in [0.3, 0.4) is 0 Å². The summed E-state index contributed by atoms with van der Waals surface area (Å²) in [6.07, 6.45) is -1.26. The standard InChI is InChI=1S/C10H11BrO4/c1-14-10(9(12)13)15-8-4-2-7(6-11)3-5-8/h2-5,10H,6H2,1H3,(H,12,13). The summed E-state index contributed by atoms with van der Waals surface area (Å²) in [5, 5.41) is 9.43. The van der Waals surface area contributed by atoms with E-state index in [-0.39, 0.29) is 0 Å². The van der Waals surface area contributed by atoms with E-state index in [0.717, 1.165) is 10.9 Å². The van der Waals surface area contributed by atoms with Crippen LogP contribution in [0.4, 0.5) is 0 Å². The van der Waals surface area contributed by atoms with Crippen LogP contribution in [0.1, 0.15) is 5.56 Å². The third-order valence-corrected chi connectivity index (χ3v) is 2.38. The first-order valence-electron chi connectivity index (χ1n) is 4.24. The Bertz CT molecular complexity index is 323. The van der Waals surface area contributed by atoms with E-state index in [1.165, 1.54) is 7.11 Å². The molecule has 0 aliphatic rings. The average Bonchev–Trinajstić information content (AvgIpc) is 2.26. The lowest BCUT2D eigenvalue weighted by atomic mass is 10.2. The molecule has 0 amide bonds. The van der Waals surface area contributed by atoms with Gasteiger partial charge in [0.1, 0.15) is 5.75 Å². The highest BCUT2D eigenvalue weighted by molar-refractivity contribution is 9.08. The number of benzene rings is 1. The van der Waals surface area contributed by atoms with Gasteiger partial charge in [0, 0.05) is 12.4 Å². The zero-order chi connectivity index (χ0) is 11.3. The van der Waals surface area contributed by atoms with Gasteiger partial charge in [-0.1, -0.05) is 28.1 Å². The molecule has 5 heteroatoms. The molecule has 1 aromatic rings. The molecule has 0 saturated heterocycles. The van der Waals surface area contributed by atoms with E-state index >= 15 is 0 Å². The van der Waals surface area contributed by atoms with Crippen LogP contribution < -0.4 is 4.74 Å². The van der Waals surface area contributed by atoms with Crippen LogP contribution in [-0.2, 0) is 14.9 Å². The van der Waals surface area contributed by atoms with Gasteiger partial charge >= 0.3 is 5.97 Å². The van der Waals surface area contributed by atoms with Crippen molar-refractivity contribution in [3.63, 3.8) is 0 Å². The number of ether oxygens (including phenoxy) is 2. The van der Waals surface area contributed by atoms with Crippen molar-refractivity contribution < 1.29 is 19.4 Å². The number of alkyl halides is 1. The van der Waals surface area contributed by atoms with E-state index in [9.17, 15) is 4.79 Å². The molecule has 0 heterocycles. The summed E-state index contributed by atoms with van der Waals surface area (Å²) in [4.78, 5) is 10.6. The lowest BCUT2D eigenvalue weighted by Crippen LogP contribution is -2.28. The van der Waals surface area contributed by atoms with Gasteiger partial charge in [-0.05, 0) is 17.7 Å². The Hall–Kier alpha value is -1.07. The summed E-state index contributed by atoms with van der Waals surface area (Å²) < 4.78 is 9.73. The van der Waals surface area contributed by atoms with E-state index in [1.807, 2.05) is 12.1 Å². The second-order valence-corrected chi connectivity index (χ2v) is 3.36. The minimum atomic E-state index is -1.26. The van der Waals surface area contributed by atoms with Crippen molar-refractivity contribution in [3.05, 3.63) is 29.8 Å². The molecule has 1 rings (SSSR count). The highest BCUT2D eigenvalue weighted by atomic mass is 79.9. The second kappa shape index (κ2) is 5.72. The molecule has 0 aromatic heterocycles. The summed E-state index contributed by atoms with van der Waals surface area (Å²) in [5.41, 5.74) is 1.09. The number of carboxylic acids is 1. The molecule has 0 bridgehead atoms. The Kier molecular flexibility index (Phi) is 4.58. The Balaban J connectivity index is 2.67. The number of hydrogen-bond donors (Lipinski definition) is 1. The van der Waals surface area contributed by atoms with E-state index in [1.54, 1.807) is 12.1 Å². The summed E-state index contributed by atoms with van der Waals surface area (Å²) in [5.74, 6) is -0.684. The molecule has 0 saturated carbocycles. The van der Waals surface area contributed by atoms with Crippen LogP contribution in [0.15, 0.2) is 24.3 Å². The third kappa shape index (κ3) is 3.53. The minimum absolute atomic E-state index is 0.467. The maximum absolute atomic E-state index is 10.6. The average molecular weight is 275 g/mol. The molecule has 4 nitrogen and oxygen atoms in total. The smallest absolute Gasteiger partial charge is 0.373 e. The summed E-state index contributed by atoms with van der Waals surface area (Å²) >= 11 is 3.31. The van der Waals surface area contributed by atoms with Crippen LogP contribution in [0.2, 0.25) is 0 Å². The summed E-state index contributed by atoms with van der Waals surface area (Å²) in [7, 11) is 1.28. The highest BCUT2D eigenvalue weighted by Gasteiger charge is 2.17. The number of aliphatic carboxylic acids is 1. The van der Waals surface area contributed by atoms with E-state index in [2.05, 4.69) is 20.7 Å². The first kappa shape index (κ1) is 12.0. The van der Waals surface area contributed by atoms with Gasteiger partial charge in [0.05, 0.1) is 0 Å². The van der Waals surface area contributed by atoms with Crippen LogP contribution in [0, 0.1) is 0 Å². The fourth-order valence-corrected chi connectivity index (χ4v) is 1.35. The van der Waals surface area contributed by atoms with Crippen LogP contribution in [0.5, 0.6) is 5.75 Å². The number of carbonyl (C=O) groups is 1. The maximum atomic E-state index is 10.6. The Labute approximate surface area is 95.9 Å². The molecule has 1 aromatic carbocycles.